The summed E-state index contributed by atoms with van der Waals surface area (Å²) in [6.45, 7) is 7.68. The number of hydrogen-bond acceptors (Lipinski definition) is 4. The average Bonchev–Trinajstić information content (AvgIpc) is 2.23. The zero-order valence-electron chi connectivity index (χ0n) is 10.7. The van der Waals surface area contributed by atoms with E-state index in [1.165, 1.54) is 0 Å². The van der Waals surface area contributed by atoms with E-state index in [1.54, 1.807) is 12.0 Å². The molecule has 0 aromatic carbocycles. The second-order valence-corrected chi connectivity index (χ2v) is 4.16. The monoisotopic (exact) mass is 232 g/mol. The van der Waals surface area contributed by atoms with Crippen molar-refractivity contribution < 1.29 is 14.6 Å². The second-order valence-electron chi connectivity index (χ2n) is 4.16. The number of carbonyl (C=O) groups is 1. The summed E-state index contributed by atoms with van der Waals surface area (Å²) in [4.78, 5) is 13.8. The highest BCUT2D eigenvalue weighted by molar-refractivity contribution is 5.85. The lowest BCUT2D eigenvalue weighted by atomic mass is 10.0. The molecule has 0 spiro atoms. The van der Waals surface area contributed by atoms with E-state index in [0.29, 0.717) is 19.7 Å². The van der Waals surface area contributed by atoms with E-state index < -0.39 is 5.54 Å². The summed E-state index contributed by atoms with van der Waals surface area (Å²) in [6, 6.07) is 0. The van der Waals surface area contributed by atoms with Crippen molar-refractivity contribution in [3.8, 4) is 0 Å². The Morgan fingerprint density at radius 2 is 2.06 bits per heavy atom. The van der Waals surface area contributed by atoms with Crippen molar-refractivity contribution in [1.29, 1.82) is 0 Å². The van der Waals surface area contributed by atoms with Crippen molar-refractivity contribution in [3.05, 3.63) is 0 Å². The van der Waals surface area contributed by atoms with Gasteiger partial charge in [0.15, 0.2) is 0 Å². The minimum Gasteiger partial charge on any atom is -0.395 e. The van der Waals surface area contributed by atoms with E-state index in [2.05, 4.69) is 5.32 Å². The van der Waals surface area contributed by atoms with Gasteiger partial charge in [0.1, 0.15) is 0 Å². The number of nitrogens with zero attached hydrogens (tertiary/aromatic N) is 1. The molecule has 5 nitrogen and oxygen atoms in total. The molecule has 0 rings (SSSR count). The summed E-state index contributed by atoms with van der Waals surface area (Å²) in [5.74, 6) is -0.0135. The van der Waals surface area contributed by atoms with Crippen LogP contribution >= 0.6 is 0 Å². The Kier molecular flexibility index (Phi) is 7.29. The molecule has 0 saturated carbocycles. The van der Waals surface area contributed by atoms with Crippen LogP contribution in [0.3, 0.4) is 0 Å². The van der Waals surface area contributed by atoms with Gasteiger partial charge in [-0.2, -0.15) is 0 Å². The molecule has 96 valence electrons. The molecule has 2 N–H and O–H groups in total. The number of aliphatic hydroxyl groups excluding tert-OH is 1. The quantitative estimate of drug-likeness (QED) is 0.610. The lowest BCUT2D eigenvalue weighted by Gasteiger charge is -2.32. The number of aliphatic hydroxyl groups is 1. The molecule has 0 radical (unpaired) electrons. The summed E-state index contributed by atoms with van der Waals surface area (Å²) in [6.07, 6.45) is 0. The van der Waals surface area contributed by atoms with Crippen molar-refractivity contribution in [2.24, 2.45) is 0 Å². The molecule has 0 aromatic heterocycles. The van der Waals surface area contributed by atoms with Crippen LogP contribution in [0.1, 0.15) is 20.8 Å². The highest BCUT2D eigenvalue weighted by atomic mass is 16.5. The van der Waals surface area contributed by atoms with Crippen LogP contribution in [0.15, 0.2) is 0 Å². The first-order chi connectivity index (χ1) is 7.49. The SMILES string of the molecule is CCNC(C)(C)C(=O)N(CCO)CCOC. The Balaban J connectivity index is 4.45. The molecule has 0 aliphatic rings. The molecule has 0 heterocycles. The summed E-state index contributed by atoms with van der Waals surface area (Å²) >= 11 is 0. The fourth-order valence-corrected chi connectivity index (χ4v) is 1.55. The van der Waals surface area contributed by atoms with Crippen LogP contribution in [0.2, 0.25) is 0 Å². The Morgan fingerprint density at radius 1 is 1.44 bits per heavy atom. The maximum Gasteiger partial charge on any atom is 0.242 e. The first-order valence-electron chi connectivity index (χ1n) is 5.63. The molecular weight excluding hydrogens is 208 g/mol. The average molecular weight is 232 g/mol. The minimum atomic E-state index is -0.600. The number of methoxy groups -OCH3 is 1. The van der Waals surface area contributed by atoms with Crippen molar-refractivity contribution in [1.82, 2.24) is 10.2 Å². The zero-order chi connectivity index (χ0) is 12.6. The molecule has 0 bridgehead atoms. The third-order valence-corrected chi connectivity index (χ3v) is 2.38. The number of rotatable bonds is 8. The molecule has 0 aliphatic heterocycles. The Morgan fingerprint density at radius 3 is 2.50 bits per heavy atom. The second kappa shape index (κ2) is 7.60. The van der Waals surface area contributed by atoms with Crippen molar-refractivity contribution >= 4 is 5.91 Å². The van der Waals surface area contributed by atoms with Gasteiger partial charge in [-0.25, -0.2) is 0 Å². The molecular formula is C11H24N2O3. The van der Waals surface area contributed by atoms with Crippen LogP contribution in [0.4, 0.5) is 0 Å². The lowest BCUT2D eigenvalue weighted by Crippen LogP contribution is -2.55. The van der Waals surface area contributed by atoms with Gasteiger partial charge in [-0.1, -0.05) is 6.92 Å². The standard InChI is InChI=1S/C11H24N2O3/c1-5-12-11(2,3)10(15)13(6-8-14)7-9-16-4/h12,14H,5-9H2,1-4H3. The lowest BCUT2D eigenvalue weighted by molar-refractivity contribution is -0.138. The molecule has 0 aliphatic carbocycles. The van der Waals surface area contributed by atoms with Crippen LogP contribution in [-0.2, 0) is 9.53 Å². The fourth-order valence-electron chi connectivity index (χ4n) is 1.55. The van der Waals surface area contributed by atoms with Gasteiger partial charge >= 0.3 is 0 Å². The van der Waals surface area contributed by atoms with Crippen molar-refractivity contribution in [2.75, 3.05) is 40.0 Å². The van der Waals surface area contributed by atoms with Crippen LogP contribution < -0.4 is 5.32 Å². The first-order valence-corrected chi connectivity index (χ1v) is 5.63. The number of carbonyl (C=O) groups excluding carboxylic acids is 1. The van der Waals surface area contributed by atoms with Gasteiger partial charge in [0.05, 0.1) is 18.8 Å². The Hall–Kier alpha value is -0.650. The highest BCUT2D eigenvalue weighted by Gasteiger charge is 2.30. The highest BCUT2D eigenvalue weighted by Crippen LogP contribution is 2.07. The third-order valence-electron chi connectivity index (χ3n) is 2.38. The van der Waals surface area contributed by atoms with Crippen LogP contribution in [-0.4, -0.2) is 61.4 Å². The number of amides is 1. The number of hydrogen-bond donors (Lipinski definition) is 2. The third kappa shape index (κ3) is 4.92. The smallest absolute Gasteiger partial charge is 0.242 e. The Labute approximate surface area is 97.8 Å². The van der Waals surface area contributed by atoms with E-state index in [-0.39, 0.29) is 12.5 Å². The molecule has 1 amide bonds. The van der Waals surface area contributed by atoms with Crippen molar-refractivity contribution in [3.63, 3.8) is 0 Å². The Bertz CT molecular complexity index is 207. The zero-order valence-corrected chi connectivity index (χ0v) is 10.7. The van der Waals surface area contributed by atoms with E-state index >= 15 is 0 Å². The van der Waals surface area contributed by atoms with Gasteiger partial charge in [-0.05, 0) is 20.4 Å². The summed E-state index contributed by atoms with van der Waals surface area (Å²) in [5, 5.41) is 12.0. The predicted octanol–water partition coefficient (Wildman–Crippen LogP) is -0.158. The van der Waals surface area contributed by atoms with Gasteiger partial charge in [0, 0.05) is 20.2 Å². The number of nitrogens with one attached hydrogen (secondary N) is 1. The minimum absolute atomic E-state index is 0.0135. The van der Waals surface area contributed by atoms with E-state index in [1.807, 2.05) is 20.8 Å². The van der Waals surface area contributed by atoms with E-state index in [9.17, 15) is 4.79 Å². The largest absolute Gasteiger partial charge is 0.395 e. The fraction of sp³-hybridized carbons (Fsp3) is 0.909. The number of ether oxygens (including phenoxy) is 1. The normalized spacial score (nSPS) is 11.6. The molecule has 0 aromatic rings. The molecule has 0 unspecified atom stereocenters. The van der Waals surface area contributed by atoms with Gasteiger partial charge < -0.3 is 20.1 Å². The maximum absolute atomic E-state index is 12.1. The molecule has 0 fully saturated rings. The van der Waals surface area contributed by atoms with Crippen LogP contribution in [0, 0.1) is 0 Å². The van der Waals surface area contributed by atoms with Gasteiger partial charge in [0.25, 0.3) is 0 Å². The van der Waals surface area contributed by atoms with Gasteiger partial charge in [-0.15, -0.1) is 0 Å². The summed E-state index contributed by atoms with van der Waals surface area (Å²) in [5.41, 5.74) is -0.600. The van der Waals surface area contributed by atoms with Crippen LogP contribution in [0.5, 0.6) is 0 Å². The molecule has 0 saturated heterocycles. The van der Waals surface area contributed by atoms with E-state index in [0.717, 1.165) is 6.54 Å². The predicted molar refractivity (Wildman–Crippen MR) is 63.3 cm³/mol. The molecule has 5 heteroatoms. The van der Waals surface area contributed by atoms with Crippen LogP contribution in [0.25, 0.3) is 0 Å². The summed E-state index contributed by atoms with van der Waals surface area (Å²) < 4.78 is 4.95. The molecule has 16 heavy (non-hydrogen) atoms. The number of likely N-dealkylation sites (N-methyl/N-ethyl adjacent to an activating group) is 1. The van der Waals surface area contributed by atoms with Gasteiger partial charge in [0.2, 0.25) is 5.91 Å². The first kappa shape index (κ1) is 15.3. The van der Waals surface area contributed by atoms with Crippen molar-refractivity contribution in [2.45, 2.75) is 26.3 Å². The van der Waals surface area contributed by atoms with E-state index in [4.69, 9.17) is 9.84 Å². The summed E-state index contributed by atoms with van der Waals surface area (Å²) in [7, 11) is 1.59. The maximum atomic E-state index is 12.1. The topological polar surface area (TPSA) is 61.8 Å². The van der Waals surface area contributed by atoms with Gasteiger partial charge in [-0.3, -0.25) is 4.79 Å². The molecule has 0 atom stereocenters.